The first-order chi connectivity index (χ1) is 30.3. The Balaban J connectivity index is 1.21. The maximum atomic E-state index is 14.0. The molecule has 8 rings (SSSR count). The number of rotatable bonds is 8. The van der Waals surface area contributed by atoms with E-state index in [1.807, 2.05) is 49.3 Å². The fraction of sp³-hybridized carbons (Fsp3) is 0.535. The van der Waals surface area contributed by atoms with Crippen molar-refractivity contribution in [2.24, 2.45) is 28.1 Å². The van der Waals surface area contributed by atoms with Gasteiger partial charge in [-0.15, -0.1) is 0 Å². The van der Waals surface area contributed by atoms with Crippen LogP contribution in [0.3, 0.4) is 0 Å². The van der Waals surface area contributed by atoms with Gasteiger partial charge in [0, 0.05) is 56.8 Å². The monoisotopic (exact) mass is 866 g/mol. The highest BCUT2D eigenvalue weighted by Gasteiger charge is 2.46. The van der Waals surface area contributed by atoms with Crippen molar-refractivity contribution in [2.75, 3.05) is 38.2 Å². The van der Waals surface area contributed by atoms with Gasteiger partial charge in [-0.1, -0.05) is 12.2 Å². The number of primary amides is 2. The minimum absolute atomic E-state index is 0.0821. The number of nitrogens with one attached hydrogen (secondary N) is 2. The Hall–Kier alpha value is -6.12. The summed E-state index contributed by atoms with van der Waals surface area (Å²) in [5.41, 5.74) is 21.5. The lowest BCUT2D eigenvalue weighted by Crippen LogP contribution is -2.54. The van der Waals surface area contributed by atoms with Gasteiger partial charge in [0.05, 0.1) is 47.7 Å². The molecular formula is C43H58N14O6. The first kappa shape index (κ1) is 43.5. The van der Waals surface area contributed by atoms with Crippen LogP contribution in [0.4, 0.5) is 5.95 Å². The summed E-state index contributed by atoms with van der Waals surface area (Å²) in [5.74, 6) is -1.30. The molecule has 8 N–H and O–H groups in total. The van der Waals surface area contributed by atoms with Gasteiger partial charge in [0.2, 0.25) is 23.7 Å². The highest BCUT2D eigenvalue weighted by Crippen LogP contribution is 2.36. The molecule has 4 aromatic rings. The van der Waals surface area contributed by atoms with Crippen LogP contribution in [0, 0.1) is 19.8 Å². The summed E-state index contributed by atoms with van der Waals surface area (Å²) < 4.78 is 18.8. The molecule has 2 fully saturated rings. The molecule has 5 atom stereocenters. The van der Waals surface area contributed by atoms with E-state index in [1.165, 1.54) is 0 Å². The number of aliphatic imine (C=N–C) groups is 1. The average molecular weight is 867 g/mol. The van der Waals surface area contributed by atoms with E-state index in [2.05, 4.69) is 25.7 Å². The predicted molar refractivity (Wildman–Crippen MR) is 234 cm³/mol. The molecule has 1 saturated carbocycles. The number of anilines is 1. The third-order valence-electron chi connectivity index (χ3n) is 12.6. The van der Waals surface area contributed by atoms with Gasteiger partial charge in [0.15, 0.2) is 0 Å². The third kappa shape index (κ3) is 9.05. The summed E-state index contributed by atoms with van der Waals surface area (Å²) in [6.45, 7) is 10.9. The van der Waals surface area contributed by atoms with E-state index in [4.69, 9.17) is 36.7 Å². The van der Waals surface area contributed by atoms with Crippen LogP contribution >= 0.6 is 0 Å². The molecule has 336 valence electrons. The van der Waals surface area contributed by atoms with Gasteiger partial charge in [0.25, 0.3) is 11.8 Å². The zero-order valence-corrected chi connectivity index (χ0v) is 36.3. The Bertz CT molecular complexity index is 2440. The van der Waals surface area contributed by atoms with Gasteiger partial charge >= 0.3 is 0 Å². The summed E-state index contributed by atoms with van der Waals surface area (Å²) in [6, 6.07) is 5.72. The SMILES string of the molecule is CCn1nc(C)cc1C(=O)NC1=NC2CC(C(N)=O)CCC3OCC(N4CCC(N)CC4)COc4cc(C(N)=O)cc5nc(NC(=O)c6cc(C)nn6CC)n(c45)C/C=C/CN1C23. The molecule has 1 aliphatic carbocycles. The largest absolute Gasteiger partial charge is 0.490 e. The van der Waals surface area contributed by atoms with Crippen molar-refractivity contribution in [1.82, 2.24) is 44.2 Å². The summed E-state index contributed by atoms with van der Waals surface area (Å²) in [4.78, 5) is 67.7. The number of nitrogens with zero attached hydrogens (tertiary/aromatic N) is 9. The van der Waals surface area contributed by atoms with Gasteiger partial charge in [-0.25, -0.2) is 9.98 Å². The number of carbonyl (C=O) groups is 4. The molecule has 5 unspecified atom stereocenters. The Morgan fingerprint density at radius 1 is 0.841 bits per heavy atom. The van der Waals surface area contributed by atoms with Crippen LogP contribution in [-0.4, -0.2) is 132 Å². The molecule has 0 spiro atoms. The molecule has 1 saturated heterocycles. The van der Waals surface area contributed by atoms with E-state index >= 15 is 0 Å². The van der Waals surface area contributed by atoms with E-state index in [0.29, 0.717) is 84.4 Å². The summed E-state index contributed by atoms with van der Waals surface area (Å²) in [7, 11) is 0. The Labute approximate surface area is 365 Å². The molecule has 4 aliphatic rings. The summed E-state index contributed by atoms with van der Waals surface area (Å²) in [5, 5.41) is 15.0. The van der Waals surface area contributed by atoms with Crippen molar-refractivity contribution >= 4 is 46.6 Å². The molecule has 20 nitrogen and oxygen atoms in total. The molecule has 6 heterocycles. The zero-order valence-electron chi connectivity index (χ0n) is 36.3. The van der Waals surface area contributed by atoms with Crippen molar-refractivity contribution in [1.29, 1.82) is 0 Å². The molecule has 20 heteroatoms. The lowest BCUT2D eigenvalue weighted by Gasteiger charge is -2.38. The van der Waals surface area contributed by atoms with E-state index < -0.39 is 35.8 Å². The number of allylic oxidation sites excluding steroid dienone is 1. The number of carbonyl (C=O) groups excluding carboxylic acids is 4. The second-order valence-corrected chi connectivity index (χ2v) is 16.9. The number of aromatic nitrogens is 6. The number of piperidine rings is 1. The van der Waals surface area contributed by atoms with Crippen molar-refractivity contribution in [2.45, 2.75) is 110 Å². The highest BCUT2D eigenvalue weighted by molar-refractivity contribution is 6.06. The topological polar surface area (TPSA) is 261 Å². The van der Waals surface area contributed by atoms with E-state index in [-0.39, 0.29) is 55.3 Å². The maximum Gasteiger partial charge on any atom is 0.276 e. The Kier molecular flexibility index (Phi) is 12.6. The van der Waals surface area contributed by atoms with E-state index in [0.717, 1.165) is 25.9 Å². The molecule has 63 heavy (non-hydrogen) atoms. The molecule has 1 aromatic carbocycles. The fourth-order valence-corrected chi connectivity index (χ4v) is 9.35. The quantitative estimate of drug-likeness (QED) is 0.159. The van der Waals surface area contributed by atoms with E-state index in [9.17, 15) is 19.2 Å². The molecular weight excluding hydrogens is 809 g/mol. The minimum Gasteiger partial charge on any atom is -0.490 e. The van der Waals surface area contributed by atoms with Crippen molar-refractivity contribution in [3.05, 3.63) is 64.8 Å². The predicted octanol–water partition coefficient (Wildman–Crippen LogP) is 1.69. The van der Waals surface area contributed by atoms with Crippen LogP contribution in [0.2, 0.25) is 0 Å². The van der Waals surface area contributed by atoms with Crippen LogP contribution in [0.5, 0.6) is 5.75 Å². The number of imidazole rings is 1. The number of amides is 4. The number of hydrogen-bond acceptors (Lipinski definition) is 13. The van der Waals surface area contributed by atoms with Crippen LogP contribution in [0.25, 0.3) is 11.0 Å². The van der Waals surface area contributed by atoms with Crippen molar-refractivity contribution in [3.8, 4) is 5.75 Å². The van der Waals surface area contributed by atoms with Gasteiger partial charge in [0.1, 0.15) is 29.3 Å². The van der Waals surface area contributed by atoms with Crippen LogP contribution < -0.4 is 32.6 Å². The number of benzene rings is 1. The first-order valence-corrected chi connectivity index (χ1v) is 21.9. The normalized spacial score (nSPS) is 24.0. The standard InChI is InChI=1S/C43H58N14O6/c1-5-56-32(17-24(3)51-56)40(60)49-42-47-30-19-26(38(45)58)9-10-34-36(30)54(42)13-7-8-14-55-37-31(48-43(55)50-41(61)33-18-25(4)52-57(33)6-2)20-27(39(46)59)21-35(37)63-23-29(22-62-34)53-15-11-28(44)12-16-53/h7-8,17-18,20-21,26,28-30,34,36H,5-6,9-16,19,22-23,44H2,1-4H3,(H2,45,58)(H2,46,59)(H,47,49,60)(H,48,50,61)/b8-7+. The number of guanidine groups is 1. The third-order valence-corrected chi connectivity index (χ3v) is 12.6. The van der Waals surface area contributed by atoms with E-state index in [1.54, 1.807) is 33.6 Å². The lowest BCUT2D eigenvalue weighted by molar-refractivity contribution is -0.122. The first-order valence-electron chi connectivity index (χ1n) is 21.9. The smallest absolute Gasteiger partial charge is 0.276 e. The molecule has 0 radical (unpaired) electrons. The number of nitrogens with two attached hydrogens (primary N) is 3. The molecule has 0 bridgehead atoms. The van der Waals surface area contributed by atoms with Gasteiger partial charge < -0.3 is 36.1 Å². The zero-order chi connectivity index (χ0) is 44.5. The Morgan fingerprint density at radius 2 is 1.51 bits per heavy atom. The lowest BCUT2D eigenvalue weighted by atomic mass is 9.96. The van der Waals surface area contributed by atoms with Crippen LogP contribution in [-0.2, 0) is 29.2 Å². The number of hydrogen-bond donors (Lipinski definition) is 5. The Morgan fingerprint density at radius 3 is 2.16 bits per heavy atom. The van der Waals surface area contributed by atoms with Crippen molar-refractivity contribution < 1.29 is 28.7 Å². The molecule has 3 aliphatic heterocycles. The number of aryl methyl sites for hydroxylation is 4. The van der Waals surface area contributed by atoms with Gasteiger partial charge in [-0.2, -0.15) is 10.2 Å². The number of ether oxygens (including phenoxy) is 2. The van der Waals surface area contributed by atoms with Gasteiger partial charge in [-0.3, -0.25) is 44.1 Å². The average Bonchev–Trinajstić information content (AvgIpc) is 3.99. The molecule has 4 amide bonds. The highest BCUT2D eigenvalue weighted by atomic mass is 16.5. The van der Waals surface area contributed by atoms with Crippen LogP contribution in [0.1, 0.15) is 88.7 Å². The molecule has 3 aromatic heterocycles. The second-order valence-electron chi connectivity index (χ2n) is 16.9. The summed E-state index contributed by atoms with van der Waals surface area (Å²) in [6.07, 6.45) is 6.54. The summed E-state index contributed by atoms with van der Waals surface area (Å²) >= 11 is 0. The maximum absolute atomic E-state index is 14.0. The minimum atomic E-state index is -0.656. The number of likely N-dealkylation sites (tertiary alicyclic amines) is 1. The van der Waals surface area contributed by atoms with Gasteiger partial charge in [-0.05, 0) is 84.1 Å². The fourth-order valence-electron chi connectivity index (χ4n) is 9.35. The van der Waals surface area contributed by atoms with Crippen molar-refractivity contribution in [3.63, 3.8) is 0 Å². The van der Waals surface area contributed by atoms with Crippen LogP contribution in [0.15, 0.2) is 41.4 Å². The second kappa shape index (κ2) is 18.3.